The van der Waals surface area contributed by atoms with Crippen LogP contribution in [0.15, 0.2) is 30.7 Å². The molecule has 0 bridgehead atoms. The number of carbonyl (C=O) groups excluding carboxylic acids is 1. The van der Waals surface area contributed by atoms with Crippen LogP contribution in [0.4, 0.5) is 0 Å². The van der Waals surface area contributed by atoms with Gasteiger partial charge >= 0.3 is 0 Å². The van der Waals surface area contributed by atoms with Gasteiger partial charge in [-0.15, -0.1) is 0 Å². The Morgan fingerprint density at radius 2 is 2.00 bits per heavy atom. The second-order valence-electron chi connectivity index (χ2n) is 2.77. The van der Waals surface area contributed by atoms with Crippen molar-refractivity contribution >= 4 is 17.9 Å². The maximum atomic E-state index is 10.7. The molecule has 0 fully saturated rings. The lowest BCUT2D eigenvalue weighted by Gasteiger charge is -2.12. The third kappa shape index (κ3) is 1.59. The molecule has 3 nitrogen and oxygen atoms in total. The predicted octanol–water partition coefficient (Wildman–Crippen LogP) is 2.67. The van der Waals surface area contributed by atoms with E-state index in [1.807, 2.05) is 0 Å². The molecule has 0 atom stereocenters. The van der Waals surface area contributed by atoms with Gasteiger partial charge in [-0.05, 0) is 18.2 Å². The molecule has 0 saturated heterocycles. The summed E-state index contributed by atoms with van der Waals surface area (Å²) < 4.78 is 10.2. The highest BCUT2D eigenvalue weighted by atomic mass is 35.5. The monoisotopic (exact) mass is 210 g/mol. The van der Waals surface area contributed by atoms with Crippen LogP contribution in [0.25, 0.3) is 0 Å². The Morgan fingerprint density at radius 1 is 1.29 bits per heavy atom. The van der Waals surface area contributed by atoms with Crippen molar-refractivity contribution < 1.29 is 14.3 Å². The van der Waals surface area contributed by atoms with Crippen LogP contribution in [0, 0.1) is 0 Å². The summed E-state index contributed by atoms with van der Waals surface area (Å²) in [6.07, 6.45) is 3.05. The molecular weight excluding hydrogens is 204 g/mol. The van der Waals surface area contributed by atoms with Crippen molar-refractivity contribution in [3.63, 3.8) is 0 Å². The number of hydrogen-bond donors (Lipinski definition) is 0. The van der Waals surface area contributed by atoms with Crippen LogP contribution < -0.4 is 0 Å². The number of carbonyl (C=O) groups is 1. The summed E-state index contributed by atoms with van der Waals surface area (Å²) in [4.78, 5) is 10.7. The molecule has 0 aromatic heterocycles. The van der Waals surface area contributed by atoms with Gasteiger partial charge in [-0.3, -0.25) is 4.79 Å². The Balaban J connectivity index is 2.38. The minimum absolute atomic E-state index is 0.517. The maximum absolute atomic E-state index is 10.7. The zero-order valence-electron chi connectivity index (χ0n) is 7.14. The number of rotatable bonds is 2. The molecule has 0 unspecified atom stereocenters. The lowest BCUT2D eigenvalue weighted by atomic mass is 10.1. The first kappa shape index (κ1) is 9.09. The van der Waals surface area contributed by atoms with Crippen molar-refractivity contribution in [1.29, 1.82) is 0 Å². The second-order valence-corrected chi connectivity index (χ2v) is 3.20. The zero-order valence-corrected chi connectivity index (χ0v) is 7.90. The molecule has 0 amide bonds. The van der Waals surface area contributed by atoms with Gasteiger partial charge < -0.3 is 9.47 Å². The fourth-order valence-electron chi connectivity index (χ4n) is 1.24. The van der Waals surface area contributed by atoms with Crippen molar-refractivity contribution in [3.05, 3.63) is 46.9 Å². The van der Waals surface area contributed by atoms with Gasteiger partial charge in [0, 0.05) is 16.1 Å². The lowest BCUT2D eigenvalue weighted by molar-refractivity contribution is -0.0249. The Morgan fingerprint density at radius 3 is 2.64 bits per heavy atom. The van der Waals surface area contributed by atoms with Gasteiger partial charge in [0.25, 0.3) is 6.29 Å². The quantitative estimate of drug-likeness (QED) is 0.704. The summed E-state index contributed by atoms with van der Waals surface area (Å²) in [5, 5.41) is 0.546. The standard InChI is InChI=1S/C10H7ClO3/c11-8-2-1-7(6-12)9(5-8)10-13-3-4-14-10/h1-6,10H. The summed E-state index contributed by atoms with van der Waals surface area (Å²) >= 11 is 5.80. The number of benzene rings is 1. The first-order valence-electron chi connectivity index (χ1n) is 4.02. The van der Waals surface area contributed by atoms with E-state index < -0.39 is 6.29 Å². The minimum atomic E-state index is -0.561. The van der Waals surface area contributed by atoms with Crippen LogP contribution in [0.5, 0.6) is 0 Å². The molecule has 1 aromatic carbocycles. The molecule has 1 heterocycles. The summed E-state index contributed by atoms with van der Waals surface area (Å²) in [5.41, 5.74) is 1.15. The summed E-state index contributed by atoms with van der Waals surface area (Å²) in [6, 6.07) is 4.94. The molecule has 1 aliphatic rings. The van der Waals surface area contributed by atoms with E-state index in [1.165, 1.54) is 12.5 Å². The second kappa shape index (κ2) is 3.72. The molecule has 1 aromatic rings. The van der Waals surface area contributed by atoms with Gasteiger partial charge in [-0.25, -0.2) is 0 Å². The number of ether oxygens (including phenoxy) is 2. The highest BCUT2D eigenvalue weighted by molar-refractivity contribution is 6.30. The van der Waals surface area contributed by atoms with Crippen LogP contribution in [0.2, 0.25) is 5.02 Å². The van der Waals surface area contributed by atoms with Gasteiger partial charge in [0.2, 0.25) is 0 Å². The number of halogens is 1. The summed E-state index contributed by atoms with van der Waals surface area (Å²) in [7, 11) is 0. The Labute approximate surface area is 85.9 Å². The fraction of sp³-hybridized carbons (Fsp3) is 0.100. The first-order valence-corrected chi connectivity index (χ1v) is 4.39. The molecule has 2 rings (SSSR count). The van der Waals surface area contributed by atoms with Crippen LogP contribution in [-0.2, 0) is 9.47 Å². The SMILES string of the molecule is O=Cc1ccc(Cl)cc1C1OC=CO1. The van der Waals surface area contributed by atoms with Crippen molar-refractivity contribution in [2.24, 2.45) is 0 Å². The van der Waals surface area contributed by atoms with E-state index in [2.05, 4.69) is 0 Å². The fourth-order valence-corrected chi connectivity index (χ4v) is 1.42. The van der Waals surface area contributed by atoms with Gasteiger partial charge in [0.1, 0.15) is 12.5 Å². The largest absolute Gasteiger partial charge is 0.455 e. The third-order valence-electron chi connectivity index (χ3n) is 1.89. The number of hydrogen-bond acceptors (Lipinski definition) is 3. The van der Waals surface area contributed by atoms with Crippen molar-refractivity contribution in [3.8, 4) is 0 Å². The smallest absolute Gasteiger partial charge is 0.267 e. The van der Waals surface area contributed by atoms with Crippen molar-refractivity contribution in [1.82, 2.24) is 0 Å². The molecule has 0 spiro atoms. The van der Waals surface area contributed by atoms with E-state index in [-0.39, 0.29) is 0 Å². The normalized spacial score (nSPS) is 14.9. The summed E-state index contributed by atoms with van der Waals surface area (Å²) in [6.45, 7) is 0. The lowest BCUT2D eigenvalue weighted by Crippen LogP contribution is -2.02. The van der Waals surface area contributed by atoms with Gasteiger partial charge in [0.05, 0.1) is 0 Å². The van der Waals surface area contributed by atoms with Crippen molar-refractivity contribution in [2.45, 2.75) is 6.29 Å². The van der Waals surface area contributed by atoms with Crippen LogP contribution >= 0.6 is 11.6 Å². The zero-order chi connectivity index (χ0) is 9.97. The van der Waals surface area contributed by atoms with Crippen LogP contribution in [-0.4, -0.2) is 6.29 Å². The minimum Gasteiger partial charge on any atom is -0.455 e. The highest BCUT2D eigenvalue weighted by Gasteiger charge is 2.19. The Bertz CT molecular complexity index is 379. The average Bonchev–Trinajstić information content (AvgIpc) is 2.70. The summed E-state index contributed by atoms with van der Waals surface area (Å²) in [5.74, 6) is 0. The van der Waals surface area contributed by atoms with E-state index in [9.17, 15) is 4.79 Å². The Hall–Kier alpha value is -1.48. The maximum Gasteiger partial charge on any atom is 0.267 e. The molecule has 1 aliphatic heterocycles. The average molecular weight is 211 g/mol. The molecule has 0 aliphatic carbocycles. The van der Waals surface area contributed by atoms with Crippen LogP contribution in [0.3, 0.4) is 0 Å². The van der Waals surface area contributed by atoms with E-state index in [1.54, 1.807) is 18.2 Å². The molecular formula is C10H7ClO3. The van der Waals surface area contributed by atoms with E-state index in [0.29, 0.717) is 16.1 Å². The molecule has 4 heteroatoms. The van der Waals surface area contributed by atoms with E-state index >= 15 is 0 Å². The van der Waals surface area contributed by atoms with E-state index in [0.717, 1.165) is 6.29 Å². The topological polar surface area (TPSA) is 35.5 Å². The molecule has 0 N–H and O–H groups in total. The Kier molecular flexibility index (Phi) is 2.41. The molecule has 0 saturated carbocycles. The number of aldehydes is 1. The predicted molar refractivity (Wildman–Crippen MR) is 50.9 cm³/mol. The highest BCUT2D eigenvalue weighted by Crippen LogP contribution is 2.28. The van der Waals surface area contributed by atoms with Gasteiger partial charge in [-0.2, -0.15) is 0 Å². The van der Waals surface area contributed by atoms with Gasteiger partial charge in [-0.1, -0.05) is 11.6 Å². The third-order valence-corrected chi connectivity index (χ3v) is 2.12. The first-order chi connectivity index (χ1) is 6.81. The van der Waals surface area contributed by atoms with Crippen LogP contribution in [0.1, 0.15) is 22.2 Å². The van der Waals surface area contributed by atoms with Gasteiger partial charge in [0.15, 0.2) is 6.29 Å². The molecule has 0 radical (unpaired) electrons. The van der Waals surface area contributed by atoms with E-state index in [4.69, 9.17) is 21.1 Å². The van der Waals surface area contributed by atoms with Crippen molar-refractivity contribution in [2.75, 3.05) is 0 Å². The molecule has 14 heavy (non-hydrogen) atoms. The molecule has 72 valence electrons.